The van der Waals surface area contributed by atoms with E-state index in [0.29, 0.717) is 44.2 Å². The average molecular weight is 358 g/mol. The van der Waals surface area contributed by atoms with Crippen LogP contribution >= 0.6 is 23.4 Å². The van der Waals surface area contributed by atoms with Crippen molar-refractivity contribution in [3.8, 4) is 6.07 Å². The monoisotopic (exact) mass is 357 g/mol. The number of aromatic nitrogens is 4. The zero-order valence-electron chi connectivity index (χ0n) is 12.9. The summed E-state index contributed by atoms with van der Waals surface area (Å²) in [6, 6.07) is 6.97. The normalized spacial score (nSPS) is 10.8. The molecule has 0 fully saturated rings. The summed E-state index contributed by atoms with van der Waals surface area (Å²) in [4.78, 5) is 25.1. The number of fused-ring (bicyclic) bond motifs is 1. The van der Waals surface area contributed by atoms with E-state index in [1.54, 1.807) is 26.0 Å². The number of aryl methyl sites for hydroxylation is 2. The first-order valence-corrected chi connectivity index (χ1v) is 8.40. The Bertz CT molecular complexity index is 1040. The maximum Gasteiger partial charge on any atom is 0.258 e. The van der Waals surface area contributed by atoms with Crippen LogP contribution in [0.1, 0.15) is 22.8 Å². The molecule has 0 aliphatic rings. The molecule has 0 unspecified atom stereocenters. The fraction of sp³-hybridized carbons (Fsp3) is 0.188. The van der Waals surface area contributed by atoms with Crippen LogP contribution in [0.25, 0.3) is 5.65 Å². The van der Waals surface area contributed by atoms with Crippen LogP contribution < -0.4 is 5.56 Å². The number of rotatable bonds is 3. The van der Waals surface area contributed by atoms with Gasteiger partial charge in [-0.2, -0.15) is 5.26 Å². The molecule has 0 amide bonds. The van der Waals surface area contributed by atoms with Crippen molar-refractivity contribution >= 4 is 29.0 Å². The molecule has 3 aromatic heterocycles. The number of pyridine rings is 1. The van der Waals surface area contributed by atoms with E-state index < -0.39 is 0 Å². The Labute approximate surface area is 147 Å². The minimum Gasteiger partial charge on any atom is -0.269 e. The van der Waals surface area contributed by atoms with E-state index in [2.05, 4.69) is 21.0 Å². The van der Waals surface area contributed by atoms with E-state index >= 15 is 0 Å². The number of nitriles is 1. The highest BCUT2D eigenvalue weighted by Gasteiger charge is 2.12. The van der Waals surface area contributed by atoms with Crippen LogP contribution in [0.2, 0.25) is 5.02 Å². The Kier molecular flexibility index (Phi) is 4.51. The highest BCUT2D eigenvalue weighted by atomic mass is 35.5. The van der Waals surface area contributed by atoms with E-state index in [-0.39, 0.29) is 5.56 Å². The van der Waals surface area contributed by atoms with Gasteiger partial charge >= 0.3 is 0 Å². The maximum atomic E-state index is 12.2. The molecule has 0 saturated heterocycles. The Morgan fingerprint density at radius 3 is 2.83 bits per heavy atom. The van der Waals surface area contributed by atoms with Crippen molar-refractivity contribution in [3.63, 3.8) is 0 Å². The summed E-state index contributed by atoms with van der Waals surface area (Å²) in [7, 11) is 0. The molecule has 0 saturated carbocycles. The van der Waals surface area contributed by atoms with Crippen LogP contribution in [0.15, 0.2) is 34.2 Å². The van der Waals surface area contributed by atoms with Gasteiger partial charge in [0, 0.05) is 18.0 Å². The first-order chi connectivity index (χ1) is 11.5. The molecule has 0 aliphatic heterocycles. The fourth-order valence-electron chi connectivity index (χ4n) is 2.26. The van der Waals surface area contributed by atoms with Gasteiger partial charge in [-0.1, -0.05) is 23.4 Å². The van der Waals surface area contributed by atoms with Crippen molar-refractivity contribution < 1.29 is 0 Å². The van der Waals surface area contributed by atoms with Crippen LogP contribution in [0.4, 0.5) is 0 Å². The summed E-state index contributed by atoms with van der Waals surface area (Å²) in [6.07, 6.45) is 1.54. The molecule has 0 radical (unpaired) electrons. The lowest BCUT2D eigenvalue weighted by Gasteiger charge is -2.07. The summed E-state index contributed by atoms with van der Waals surface area (Å²) in [5.74, 6) is 1.04. The van der Waals surface area contributed by atoms with Crippen molar-refractivity contribution in [1.82, 2.24) is 19.4 Å². The van der Waals surface area contributed by atoms with Gasteiger partial charge in [0.15, 0.2) is 0 Å². The van der Waals surface area contributed by atoms with E-state index in [1.807, 2.05) is 0 Å². The number of nitrogens with zero attached hydrogens (tertiary/aromatic N) is 5. The second-order valence-electron chi connectivity index (χ2n) is 5.10. The molecular formula is C16H12ClN5OS. The average Bonchev–Trinajstić information content (AvgIpc) is 2.53. The lowest BCUT2D eigenvalue weighted by molar-refractivity contribution is 0.922. The third kappa shape index (κ3) is 3.25. The molecule has 0 N–H and O–H groups in total. The largest absolute Gasteiger partial charge is 0.269 e. The number of halogens is 1. The standard InChI is InChI=1S/C16H12ClN5OS/c1-9-13(6-18)16(20-10(2)19-9)24-8-12-5-15(23)22-7-11(17)3-4-14(22)21-12/h3-5,7H,8H2,1-2H3. The second kappa shape index (κ2) is 6.59. The molecule has 0 spiro atoms. The molecule has 0 atom stereocenters. The molecule has 0 aromatic carbocycles. The Balaban J connectivity index is 1.93. The van der Waals surface area contributed by atoms with Crippen LogP contribution in [0, 0.1) is 25.2 Å². The minimum absolute atomic E-state index is 0.200. The van der Waals surface area contributed by atoms with Gasteiger partial charge in [0.2, 0.25) is 0 Å². The maximum absolute atomic E-state index is 12.2. The van der Waals surface area contributed by atoms with E-state index in [0.717, 1.165) is 0 Å². The van der Waals surface area contributed by atoms with E-state index in [1.165, 1.54) is 28.4 Å². The molecule has 3 aromatic rings. The highest BCUT2D eigenvalue weighted by Crippen LogP contribution is 2.25. The Morgan fingerprint density at radius 2 is 2.08 bits per heavy atom. The molecule has 120 valence electrons. The van der Waals surface area contributed by atoms with Crippen molar-refractivity contribution in [1.29, 1.82) is 5.26 Å². The second-order valence-corrected chi connectivity index (χ2v) is 6.50. The van der Waals surface area contributed by atoms with Gasteiger partial charge in [-0.3, -0.25) is 9.20 Å². The van der Waals surface area contributed by atoms with Gasteiger partial charge in [0.1, 0.15) is 28.1 Å². The minimum atomic E-state index is -0.200. The Hall–Kier alpha value is -2.43. The SMILES string of the molecule is Cc1nc(C)c(C#N)c(SCc2cc(=O)n3cc(Cl)ccc3n2)n1. The van der Waals surface area contributed by atoms with E-state index in [4.69, 9.17) is 11.6 Å². The third-order valence-electron chi connectivity index (χ3n) is 3.31. The van der Waals surface area contributed by atoms with E-state index in [9.17, 15) is 10.1 Å². The molecule has 8 heteroatoms. The van der Waals surface area contributed by atoms with Gasteiger partial charge in [0.05, 0.1) is 16.4 Å². The van der Waals surface area contributed by atoms with Gasteiger partial charge in [0.25, 0.3) is 5.56 Å². The smallest absolute Gasteiger partial charge is 0.258 e. The predicted octanol–water partition coefficient (Wildman–Crippen LogP) is 2.92. The highest BCUT2D eigenvalue weighted by molar-refractivity contribution is 7.98. The van der Waals surface area contributed by atoms with Crippen molar-refractivity contribution in [2.75, 3.05) is 0 Å². The Morgan fingerprint density at radius 1 is 1.29 bits per heavy atom. The van der Waals surface area contributed by atoms with Crippen LogP contribution in [-0.4, -0.2) is 19.4 Å². The fourth-order valence-corrected chi connectivity index (χ4v) is 3.38. The van der Waals surface area contributed by atoms with Gasteiger partial charge in [-0.25, -0.2) is 15.0 Å². The molecule has 3 heterocycles. The predicted molar refractivity (Wildman–Crippen MR) is 92.3 cm³/mol. The molecule has 0 bridgehead atoms. The lowest BCUT2D eigenvalue weighted by atomic mass is 10.3. The number of hydrogen-bond donors (Lipinski definition) is 0. The van der Waals surface area contributed by atoms with Gasteiger partial charge in [-0.05, 0) is 26.0 Å². The first kappa shape index (κ1) is 16.4. The summed E-state index contributed by atoms with van der Waals surface area (Å²) in [6.45, 7) is 3.56. The zero-order valence-corrected chi connectivity index (χ0v) is 14.5. The molecule has 6 nitrogen and oxygen atoms in total. The number of hydrogen-bond acceptors (Lipinski definition) is 6. The summed E-state index contributed by atoms with van der Waals surface area (Å²) < 4.78 is 1.40. The molecule has 3 rings (SSSR count). The molecule has 24 heavy (non-hydrogen) atoms. The van der Waals surface area contributed by atoms with Crippen molar-refractivity contribution in [3.05, 3.63) is 62.5 Å². The van der Waals surface area contributed by atoms with Crippen molar-refractivity contribution in [2.45, 2.75) is 24.6 Å². The first-order valence-electron chi connectivity index (χ1n) is 7.04. The third-order valence-corrected chi connectivity index (χ3v) is 4.55. The van der Waals surface area contributed by atoms with Crippen molar-refractivity contribution in [2.24, 2.45) is 0 Å². The quantitative estimate of drug-likeness (QED) is 0.529. The lowest BCUT2D eigenvalue weighted by Crippen LogP contribution is -2.15. The topological polar surface area (TPSA) is 83.9 Å². The summed E-state index contributed by atoms with van der Waals surface area (Å²) >= 11 is 7.26. The zero-order chi connectivity index (χ0) is 17.3. The van der Waals surface area contributed by atoms with Gasteiger partial charge < -0.3 is 0 Å². The molecular weight excluding hydrogens is 346 g/mol. The summed E-state index contributed by atoms with van der Waals surface area (Å²) in [5.41, 5.74) is 2.04. The van der Waals surface area contributed by atoms with Crippen LogP contribution in [-0.2, 0) is 5.75 Å². The summed E-state index contributed by atoms with van der Waals surface area (Å²) in [5, 5.41) is 10.3. The number of thioether (sulfide) groups is 1. The van der Waals surface area contributed by atoms with Crippen LogP contribution in [0.5, 0.6) is 0 Å². The molecule has 0 aliphatic carbocycles. The van der Waals surface area contributed by atoms with Crippen LogP contribution in [0.3, 0.4) is 0 Å². The van der Waals surface area contributed by atoms with Gasteiger partial charge in [-0.15, -0.1) is 0 Å².